The van der Waals surface area contributed by atoms with Gasteiger partial charge in [0, 0.05) is 30.9 Å². The van der Waals surface area contributed by atoms with Crippen LogP contribution in [-0.4, -0.2) is 53.7 Å². The molecule has 1 fully saturated rings. The molecular formula is C15H25N5O. The number of aromatic nitrogens is 1. The van der Waals surface area contributed by atoms with E-state index in [0.29, 0.717) is 11.6 Å². The first kappa shape index (κ1) is 15.6. The van der Waals surface area contributed by atoms with Crippen LogP contribution in [0.15, 0.2) is 17.3 Å². The Balaban J connectivity index is 2.15. The van der Waals surface area contributed by atoms with E-state index in [-0.39, 0.29) is 5.84 Å². The number of likely N-dealkylation sites (tertiary alicyclic amines) is 1. The lowest BCUT2D eigenvalue weighted by Crippen LogP contribution is -2.39. The lowest BCUT2D eigenvalue weighted by molar-refractivity contribution is 0.270. The summed E-state index contributed by atoms with van der Waals surface area (Å²) < 4.78 is 0. The number of nitrogens with zero attached hydrogens (tertiary/aromatic N) is 4. The van der Waals surface area contributed by atoms with Gasteiger partial charge in [-0.2, -0.15) is 0 Å². The quantitative estimate of drug-likeness (QED) is 0.371. The molecule has 2 heterocycles. The summed E-state index contributed by atoms with van der Waals surface area (Å²) in [5, 5.41) is 11.9. The zero-order chi connectivity index (χ0) is 15.4. The van der Waals surface area contributed by atoms with E-state index in [1.807, 2.05) is 26.1 Å². The molecule has 1 saturated heterocycles. The molecule has 0 bridgehead atoms. The first-order chi connectivity index (χ1) is 10.0. The molecule has 0 aliphatic carbocycles. The largest absolute Gasteiger partial charge is 0.409 e. The van der Waals surface area contributed by atoms with Crippen molar-refractivity contribution in [2.45, 2.75) is 32.7 Å². The second-order valence-electron chi connectivity index (χ2n) is 5.65. The van der Waals surface area contributed by atoms with Crippen molar-refractivity contribution in [1.29, 1.82) is 0 Å². The number of hydrogen-bond acceptors (Lipinski definition) is 5. The summed E-state index contributed by atoms with van der Waals surface area (Å²) in [4.78, 5) is 9.22. The maximum absolute atomic E-state index is 8.83. The van der Waals surface area contributed by atoms with Crippen LogP contribution in [0.5, 0.6) is 0 Å². The topological polar surface area (TPSA) is 78.0 Å². The van der Waals surface area contributed by atoms with Gasteiger partial charge in [0.05, 0.1) is 0 Å². The van der Waals surface area contributed by atoms with Gasteiger partial charge in [-0.25, -0.2) is 4.98 Å². The van der Waals surface area contributed by atoms with E-state index >= 15 is 0 Å². The Morgan fingerprint density at radius 1 is 1.57 bits per heavy atom. The summed E-state index contributed by atoms with van der Waals surface area (Å²) in [5.74, 6) is 0.978. The third-order valence-corrected chi connectivity index (χ3v) is 4.12. The predicted octanol–water partition coefficient (Wildman–Crippen LogP) is 1.41. The van der Waals surface area contributed by atoms with Gasteiger partial charge in [0.25, 0.3) is 0 Å². The highest BCUT2D eigenvalue weighted by atomic mass is 16.4. The standard InChI is InChI=1S/C15H25N5O/c1-4-20-7-5-6-13(20)10-19(3)14-9-12(15(16)18-21)8-11(2)17-14/h8-9,13,21H,4-7,10H2,1-3H3,(H2,16,18). The van der Waals surface area contributed by atoms with E-state index in [0.717, 1.165) is 24.6 Å². The summed E-state index contributed by atoms with van der Waals surface area (Å²) >= 11 is 0. The molecule has 3 N–H and O–H groups in total. The van der Waals surface area contributed by atoms with Crippen LogP contribution in [0.3, 0.4) is 0 Å². The number of rotatable bonds is 5. The van der Waals surface area contributed by atoms with Gasteiger partial charge in [-0.15, -0.1) is 0 Å². The first-order valence-corrected chi connectivity index (χ1v) is 7.47. The second-order valence-corrected chi connectivity index (χ2v) is 5.65. The molecule has 6 nitrogen and oxygen atoms in total. The van der Waals surface area contributed by atoms with Crippen molar-refractivity contribution >= 4 is 11.7 Å². The molecule has 1 aromatic rings. The number of pyridine rings is 1. The van der Waals surface area contributed by atoms with Crippen LogP contribution in [0.1, 0.15) is 31.0 Å². The van der Waals surface area contributed by atoms with Crippen LogP contribution in [0.4, 0.5) is 5.82 Å². The van der Waals surface area contributed by atoms with Crippen LogP contribution in [0, 0.1) is 6.92 Å². The first-order valence-electron chi connectivity index (χ1n) is 7.47. The molecule has 21 heavy (non-hydrogen) atoms. The summed E-state index contributed by atoms with van der Waals surface area (Å²) in [6.45, 7) is 7.35. The van der Waals surface area contributed by atoms with Crippen LogP contribution in [0.25, 0.3) is 0 Å². The minimum Gasteiger partial charge on any atom is -0.409 e. The van der Waals surface area contributed by atoms with Gasteiger partial charge in [-0.1, -0.05) is 12.1 Å². The van der Waals surface area contributed by atoms with Crippen molar-refractivity contribution in [2.75, 3.05) is 31.6 Å². The smallest absolute Gasteiger partial charge is 0.170 e. The molecule has 2 rings (SSSR count). The Morgan fingerprint density at radius 2 is 2.33 bits per heavy atom. The van der Waals surface area contributed by atoms with E-state index in [1.54, 1.807) is 0 Å². The highest BCUT2D eigenvalue weighted by Crippen LogP contribution is 2.20. The number of nitrogens with two attached hydrogens (primary N) is 1. The lowest BCUT2D eigenvalue weighted by atomic mass is 10.2. The summed E-state index contributed by atoms with van der Waals surface area (Å²) in [7, 11) is 2.05. The van der Waals surface area contributed by atoms with Crippen LogP contribution < -0.4 is 10.6 Å². The average molecular weight is 291 g/mol. The fourth-order valence-corrected chi connectivity index (χ4v) is 2.98. The molecule has 0 aromatic carbocycles. The molecule has 1 unspecified atom stereocenters. The SMILES string of the molecule is CCN1CCCC1CN(C)c1cc(/C(N)=N/O)cc(C)n1. The monoisotopic (exact) mass is 291 g/mol. The van der Waals surface area contributed by atoms with Gasteiger partial charge >= 0.3 is 0 Å². The highest BCUT2D eigenvalue weighted by Gasteiger charge is 2.24. The van der Waals surface area contributed by atoms with Gasteiger partial charge in [-0.05, 0) is 45.0 Å². The van der Waals surface area contributed by atoms with E-state index in [2.05, 4.69) is 26.9 Å². The number of hydrogen-bond donors (Lipinski definition) is 2. The molecular weight excluding hydrogens is 266 g/mol. The Labute approximate surface area is 126 Å². The normalized spacial score (nSPS) is 20.0. The third-order valence-electron chi connectivity index (χ3n) is 4.12. The van der Waals surface area contributed by atoms with Gasteiger partial charge in [-0.3, -0.25) is 4.90 Å². The number of anilines is 1. The molecule has 1 aliphatic rings. The Kier molecular flexibility index (Phi) is 5.01. The summed E-state index contributed by atoms with van der Waals surface area (Å²) in [5.41, 5.74) is 7.25. The number of aryl methyl sites for hydroxylation is 1. The molecule has 0 saturated carbocycles. The molecule has 116 valence electrons. The summed E-state index contributed by atoms with van der Waals surface area (Å²) in [6.07, 6.45) is 2.50. The lowest BCUT2D eigenvalue weighted by Gasteiger charge is -2.28. The van der Waals surface area contributed by atoms with E-state index < -0.39 is 0 Å². The molecule has 0 radical (unpaired) electrons. The maximum Gasteiger partial charge on any atom is 0.170 e. The fraction of sp³-hybridized carbons (Fsp3) is 0.600. The van der Waals surface area contributed by atoms with Crippen molar-refractivity contribution < 1.29 is 5.21 Å². The van der Waals surface area contributed by atoms with Crippen LogP contribution in [-0.2, 0) is 0 Å². The van der Waals surface area contributed by atoms with Crippen LogP contribution in [0.2, 0.25) is 0 Å². The van der Waals surface area contributed by atoms with E-state index in [1.165, 1.54) is 19.4 Å². The Bertz CT molecular complexity index is 517. The molecule has 1 atom stereocenters. The van der Waals surface area contributed by atoms with Crippen molar-refractivity contribution in [2.24, 2.45) is 10.9 Å². The maximum atomic E-state index is 8.83. The zero-order valence-corrected chi connectivity index (χ0v) is 13.1. The van der Waals surface area contributed by atoms with E-state index in [9.17, 15) is 0 Å². The van der Waals surface area contributed by atoms with Crippen molar-refractivity contribution in [3.05, 3.63) is 23.4 Å². The highest BCUT2D eigenvalue weighted by molar-refractivity contribution is 5.97. The summed E-state index contributed by atoms with van der Waals surface area (Å²) in [6, 6.07) is 4.27. The minimum atomic E-state index is 0.117. The van der Waals surface area contributed by atoms with Crippen LogP contribution >= 0.6 is 0 Å². The van der Waals surface area contributed by atoms with Crippen molar-refractivity contribution in [1.82, 2.24) is 9.88 Å². The van der Waals surface area contributed by atoms with Crippen molar-refractivity contribution in [3.63, 3.8) is 0 Å². The molecule has 0 amide bonds. The Morgan fingerprint density at radius 3 is 3.00 bits per heavy atom. The minimum absolute atomic E-state index is 0.117. The molecule has 0 spiro atoms. The van der Waals surface area contributed by atoms with Gasteiger partial charge in [0.2, 0.25) is 0 Å². The van der Waals surface area contributed by atoms with Gasteiger partial charge in [0.1, 0.15) is 5.82 Å². The van der Waals surface area contributed by atoms with Crippen molar-refractivity contribution in [3.8, 4) is 0 Å². The number of likely N-dealkylation sites (N-methyl/N-ethyl adjacent to an activating group) is 2. The van der Waals surface area contributed by atoms with E-state index in [4.69, 9.17) is 10.9 Å². The predicted molar refractivity (Wildman–Crippen MR) is 85.0 cm³/mol. The third kappa shape index (κ3) is 3.64. The average Bonchev–Trinajstić information content (AvgIpc) is 2.92. The molecule has 1 aromatic heterocycles. The second kappa shape index (κ2) is 6.76. The molecule has 6 heteroatoms. The Hall–Kier alpha value is -1.82. The number of oxime groups is 1. The van der Waals surface area contributed by atoms with Gasteiger partial charge < -0.3 is 15.8 Å². The number of amidine groups is 1. The fourth-order valence-electron chi connectivity index (χ4n) is 2.98. The zero-order valence-electron chi connectivity index (χ0n) is 13.1. The van der Waals surface area contributed by atoms with Gasteiger partial charge in [0.15, 0.2) is 5.84 Å². The molecule has 1 aliphatic heterocycles.